The van der Waals surface area contributed by atoms with Crippen LogP contribution in [0.3, 0.4) is 0 Å². The zero-order valence-corrected chi connectivity index (χ0v) is 37.4. The molecule has 0 saturated carbocycles. The quantitative estimate of drug-likeness (QED) is 0.0152. The minimum absolute atomic E-state index is 0.139. The molecule has 0 aliphatic carbocycles. The van der Waals surface area contributed by atoms with Crippen molar-refractivity contribution in [2.45, 2.75) is 250 Å². The van der Waals surface area contributed by atoms with Crippen LogP contribution in [0, 0.1) is 5.92 Å². The highest BCUT2D eigenvalue weighted by atomic mass is 16.6. The first-order valence-electron chi connectivity index (χ1n) is 24.0. The van der Waals surface area contributed by atoms with Crippen molar-refractivity contribution in [1.29, 1.82) is 0 Å². The molecule has 1 aliphatic rings. The smallest absolute Gasteiger partial charge is 0.225 e. The third kappa shape index (κ3) is 21.7. The standard InChI is InChI=1S/C47H90N4O7/c1-4-6-8-10-12-14-16-18-20-22-24-26-28-30-32-34-36-51(40(53)35-33-31-29-27-25-23-21-19-17-15-13-11-9-7-5-2)47(50)41(45(56)42(49)43(54)38(3)48)46(57)44(55)39(37-52)58-47/h19,21,38-39,41-42,44,46,52,55,57H,4-18,20,22-37,48-50H2,1-3H3/b21-19-/t38-,39+,41+,42?,44+,46+,47-/m0/s1. The lowest BCUT2D eigenvalue weighted by atomic mass is 9.79. The van der Waals surface area contributed by atoms with E-state index in [1.54, 1.807) is 0 Å². The van der Waals surface area contributed by atoms with Crippen molar-refractivity contribution < 1.29 is 34.4 Å². The van der Waals surface area contributed by atoms with E-state index >= 15 is 0 Å². The van der Waals surface area contributed by atoms with Gasteiger partial charge in [-0.25, -0.2) is 0 Å². The number of carbonyl (C=O) groups excluding carboxylic acids is 3. The molecular weight excluding hydrogens is 733 g/mol. The van der Waals surface area contributed by atoms with E-state index in [0.29, 0.717) is 12.8 Å². The summed E-state index contributed by atoms with van der Waals surface area (Å²) in [6.45, 7) is 5.32. The van der Waals surface area contributed by atoms with Gasteiger partial charge in [0.1, 0.15) is 24.2 Å². The van der Waals surface area contributed by atoms with Gasteiger partial charge in [-0.1, -0.05) is 174 Å². The van der Waals surface area contributed by atoms with E-state index in [2.05, 4.69) is 26.0 Å². The maximum atomic E-state index is 14.1. The maximum Gasteiger partial charge on any atom is 0.225 e. The molecular formula is C47H90N4O7. The van der Waals surface area contributed by atoms with Gasteiger partial charge in [-0.15, -0.1) is 0 Å². The first kappa shape index (κ1) is 54.3. The molecule has 0 radical (unpaired) electrons. The van der Waals surface area contributed by atoms with Crippen LogP contribution in [0.25, 0.3) is 0 Å². The van der Waals surface area contributed by atoms with Gasteiger partial charge < -0.3 is 36.4 Å². The SMILES string of the molecule is CCCCCCCC/C=C\CCCCCCCC(=O)N(CCCCCCCCCCCCCCCCCC)[C@]1(N)O[C@H](CO)[C@@H](O)[C@H](O)[C@H]1C(=O)C(N)C(=O)[C@H](C)N. The van der Waals surface area contributed by atoms with Gasteiger partial charge in [0.15, 0.2) is 11.6 Å². The van der Waals surface area contributed by atoms with Crippen LogP contribution in [0.4, 0.5) is 0 Å². The molecule has 0 aromatic carbocycles. The molecule has 1 amide bonds. The lowest BCUT2D eigenvalue weighted by Crippen LogP contribution is -2.76. The Morgan fingerprint density at radius 2 is 1.03 bits per heavy atom. The molecule has 0 spiro atoms. The maximum absolute atomic E-state index is 14.1. The number of amides is 1. The highest BCUT2D eigenvalue weighted by Gasteiger charge is 2.60. The van der Waals surface area contributed by atoms with Crippen LogP contribution in [-0.4, -0.2) is 87.1 Å². The van der Waals surface area contributed by atoms with E-state index in [4.69, 9.17) is 21.9 Å². The molecule has 1 saturated heterocycles. The van der Waals surface area contributed by atoms with Crippen molar-refractivity contribution in [2.24, 2.45) is 23.1 Å². The van der Waals surface area contributed by atoms with Gasteiger partial charge in [0.25, 0.3) is 0 Å². The number of aliphatic hydroxyl groups is 3. The van der Waals surface area contributed by atoms with Crippen LogP contribution in [0.15, 0.2) is 12.2 Å². The Bertz CT molecular complexity index is 1090. The number of nitrogens with zero attached hydrogens (tertiary/aromatic N) is 1. The number of carbonyl (C=O) groups is 3. The molecule has 11 nitrogen and oxygen atoms in total. The molecule has 1 unspecified atom stereocenters. The number of nitrogens with two attached hydrogens (primary N) is 3. The summed E-state index contributed by atoms with van der Waals surface area (Å²) in [6.07, 6.45) is 33.5. The van der Waals surface area contributed by atoms with E-state index in [1.165, 1.54) is 121 Å². The fourth-order valence-electron chi connectivity index (χ4n) is 8.21. The number of ether oxygens (including phenoxy) is 1. The number of rotatable bonds is 38. The molecule has 58 heavy (non-hydrogen) atoms. The Kier molecular flexibility index (Phi) is 31.8. The van der Waals surface area contributed by atoms with Crippen LogP contribution in [0.1, 0.15) is 213 Å². The minimum Gasteiger partial charge on any atom is -0.394 e. The van der Waals surface area contributed by atoms with Crippen molar-refractivity contribution in [1.82, 2.24) is 4.90 Å². The first-order chi connectivity index (χ1) is 28.0. The number of hydrogen-bond acceptors (Lipinski definition) is 10. The third-order valence-corrected chi connectivity index (χ3v) is 12.0. The summed E-state index contributed by atoms with van der Waals surface area (Å²) in [5.41, 5.74) is 18.7. The summed E-state index contributed by atoms with van der Waals surface area (Å²) < 4.78 is 6.02. The predicted octanol–water partition coefficient (Wildman–Crippen LogP) is 8.27. The van der Waals surface area contributed by atoms with Crippen molar-refractivity contribution in [3.05, 3.63) is 12.2 Å². The van der Waals surface area contributed by atoms with E-state index in [1.807, 2.05) is 0 Å². The van der Waals surface area contributed by atoms with E-state index < -0.39 is 60.3 Å². The molecule has 0 bridgehead atoms. The summed E-state index contributed by atoms with van der Waals surface area (Å²) in [7, 11) is 0. The molecule has 11 heteroatoms. The normalized spacial score (nSPS) is 22.0. The van der Waals surface area contributed by atoms with Gasteiger partial charge in [-0.3, -0.25) is 20.1 Å². The predicted molar refractivity (Wildman–Crippen MR) is 237 cm³/mol. The highest BCUT2D eigenvalue weighted by Crippen LogP contribution is 2.36. The van der Waals surface area contributed by atoms with Crippen LogP contribution in [0.5, 0.6) is 0 Å². The van der Waals surface area contributed by atoms with Crippen molar-refractivity contribution in [2.75, 3.05) is 13.2 Å². The largest absolute Gasteiger partial charge is 0.394 e. The lowest BCUT2D eigenvalue weighted by Gasteiger charge is -2.53. The fourth-order valence-corrected chi connectivity index (χ4v) is 8.21. The fraction of sp³-hybridized carbons (Fsp3) is 0.894. The van der Waals surface area contributed by atoms with Crippen LogP contribution >= 0.6 is 0 Å². The summed E-state index contributed by atoms with van der Waals surface area (Å²) in [5.74, 6) is -6.10. The molecule has 9 N–H and O–H groups in total. The number of unbranched alkanes of at least 4 members (excludes halogenated alkanes) is 26. The molecule has 0 aromatic heterocycles. The monoisotopic (exact) mass is 823 g/mol. The second-order valence-corrected chi connectivity index (χ2v) is 17.3. The van der Waals surface area contributed by atoms with Crippen molar-refractivity contribution >= 4 is 17.5 Å². The molecule has 0 aromatic rings. The number of ketones is 2. The van der Waals surface area contributed by atoms with Crippen molar-refractivity contribution in [3.63, 3.8) is 0 Å². The van der Waals surface area contributed by atoms with Crippen LogP contribution in [0.2, 0.25) is 0 Å². The average molecular weight is 823 g/mol. The summed E-state index contributed by atoms with van der Waals surface area (Å²) in [5, 5.41) is 32.2. The molecule has 1 heterocycles. The topological polar surface area (TPSA) is 202 Å². The third-order valence-electron chi connectivity index (χ3n) is 12.0. The summed E-state index contributed by atoms with van der Waals surface area (Å²) in [4.78, 5) is 41.9. The second kappa shape index (κ2) is 33.9. The van der Waals surface area contributed by atoms with Gasteiger partial charge in [0.2, 0.25) is 11.8 Å². The molecule has 1 rings (SSSR count). The zero-order valence-electron chi connectivity index (χ0n) is 37.4. The zero-order chi connectivity index (χ0) is 43.0. The van der Waals surface area contributed by atoms with Crippen LogP contribution in [-0.2, 0) is 19.1 Å². The summed E-state index contributed by atoms with van der Waals surface area (Å²) >= 11 is 0. The number of Topliss-reactive ketones (excluding diaryl/α,β-unsaturated/α-hetero) is 2. The van der Waals surface area contributed by atoms with Gasteiger partial charge >= 0.3 is 0 Å². The first-order valence-corrected chi connectivity index (χ1v) is 24.0. The molecule has 7 atom stereocenters. The van der Waals surface area contributed by atoms with Gasteiger partial charge in [0.05, 0.1) is 18.8 Å². The Hall–Kier alpha value is -1.73. The molecule has 340 valence electrons. The summed E-state index contributed by atoms with van der Waals surface area (Å²) in [6, 6.07) is -2.81. The Balaban J connectivity index is 2.79. The number of allylic oxidation sites excluding steroid dienone is 2. The highest BCUT2D eigenvalue weighted by molar-refractivity contribution is 6.09. The lowest BCUT2D eigenvalue weighted by molar-refractivity contribution is -0.291. The Labute approximate surface area is 354 Å². The second-order valence-electron chi connectivity index (χ2n) is 17.3. The Morgan fingerprint density at radius 3 is 1.45 bits per heavy atom. The average Bonchev–Trinajstić information content (AvgIpc) is 3.21. The van der Waals surface area contributed by atoms with Gasteiger partial charge in [-0.05, 0) is 45.4 Å². The molecule has 1 aliphatic heterocycles. The molecule has 1 fully saturated rings. The van der Waals surface area contributed by atoms with E-state index in [0.717, 1.165) is 64.2 Å². The minimum atomic E-state index is -2.26. The van der Waals surface area contributed by atoms with E-state index in [-0.39, 0.29) is 18.9 Å². The van der Waals surface area contributed by atoms with E-state index in [9.17, 15) is 29.7 Å². The number of aliphatic hydroxyl groups excluding tert-OH is 3. The van der Waals surface area contributed by atoms with Gasteiger partial charge in [0, 0.05) is 13.0 Å². The van der Waals surface area contributed by atoms with Crippen LogP contribution < -0.4 is 17.2 Å². The Morgan fingerprint density at radius 1 is 0.638 bits per heavy atom. The van der Waals surface area contributed by atoms with Gasteiger partial charge in [-0.2, -0.15) is 0 Å². The van der Waals surface area contributed by atoms with Crippen molar-refractivity contribution in [3.8, 4) is 0 Å². The number of hydrogen-bond donors (Lipinski definition) is 6.